The Bertz CT molecular complexity index is 1130. The summed E-state index contributed by atoms with van der Waals surface area (Å²) in [6.07, 6.45) is 0. The van der Waals surface area contributed by atoms with Crippen LogP contribution in [0.25, 0.3) is 16.8 Å². The van der Waals surface area contributed by atoms with Gasteiger partial charge in [0.05, 0.1) is 17.8 Å². The first-order valence-electron chi connectivity index (χ1n) is 8.97. The third-order valence-corrected chi connectivity index (χ3v) is 5.95. The van der Waals surface area contributed by atoms with Gasteiger partial charge in [0.2, 0.25) is 0 Å². The van der Waals surface area contributed by atoms with Gasteiger partial charge in [-0.1, -0.05) is 12.1 Å². The van der Waals surface area contributed by atoms with E-state index in [9.17, 15) is 10.2 Å². The van der Waals surface area contributed by atoms with Gasteiger partial charge < -0.3 is 15.1 Å². The maximum atomic E-state index is 10.6. The number of anilines is 1. The molecule has 0 unspecified atom stereocenters. The fourth-order valence-electron chi connectivity index (χ4n) is 3.37. The Balaban J connectivity index is 1.66. The summed E-state index contributed by atoms with van der Waals surface area (Å²) in [7, 11) is 0. The van der Waals surface area contributed by atoms with Crippen molar-refractivity contribution in [2.45, 2.75) is 20.8 Å². The number of thiazole rings is 1. The summed E-state index contributed by atoms with van der Waals surface area (Å²) < 4.78 is 0. The molecule has 0 aliphatic carbocycles. The number of nitrogens with one attached hydrogen (secondary N) is 1. The smallest absolute Gasteiger partial charge is 0.139 e. The van der Waals surface area contributed by atoms with E-state index in [-0.39, 0.29) is 23.9 Å². The van der Waals surface area contributed by atoms with Crippen molar-refractivity contribution in [1.82, 2.24) is 4.98 Å². The number of hydrogen-bond acceptors (Lipinski definition) is 5. The van der Waals surface area contributed by atoms with Crippen LogP contribution in [0.15, 0.2) is 47.5 Å². The molecule has 5 nitrogen and oxygen atoms in total. The number of phenolic OH excluding ortho intramolecular Hbond substituents is 1. The Morgan fingerprint density at radius 3 is 2.50 bits per heavy atom. The van der Waals surface area contributed by atoms with Gasteiger partial charge in [0.15, 0.2) is 0 Å². The minimum absolute atomic E-state index is 0.137. The Hall–Kier alpha value is -3.12. The first kappa shape index (κ1) is 18.3. The van der Waals surface area contributed by atoms with Crippen LogP contribution >= 0.6 is 11.3 Å². The molecule has 0 atom stereocenters. The maximum absolute atomic E-state index is 10.6. The Morgan fingerprint density at radius 2 is 1.79 bits per heavy atom. The van der Waals surface area contributed by atoms with Crippen molar-refractivity contribution >= 4 is 28.4 Å². The van der Waals surface area contributed by atoms with Crippen molar-refractivity contribution in [3.05, 3.63) is 69.2 Å². The first-order chi connectivity index (χ1) is 13.3. The molecule has 3 N–H and O–H groups in total. The second kappa shape index (κ2) is 6.80. The van der Waals surface area contributed by atoms with Gasteiger partial charge in [0.25, 0.3) is 0 Å². The molecule has 1 aliphatic rings. The average Bonchev–Trinajstić information content (AvgIpc) is 3.22. The van der Waals surface area contributed by atoms with E-state index in [0.29, 0.717) is 10.6 Å². The highest BCUT2D eigenvalue weighted by Gasteiger charge is 2.32. The molecule has 0 saturated carbocycles. The van der Waals surface area contributed by atoms with E-state index in [1.165, 1.54) is 22.5 Å². The summed E-state index contributed by atoms with van der Waals surface area (Å²) in [4.78, 5) is 6.42. The van der Waals surface area contributed by atoms with Gasteiger partial charge in [-0.2, -0.15) is 0 Å². The van der Waals surface area contributed by atoms with E-state index in [2.05, 4.69) is 26.0 Å². The lowest BCUT2D eigenvalue weighted by Gasteiger charge is -2.20. The molecule has 2 heterocycles. The lowest BCUT2D eigenvalue weighted by Crippen LogP contribution is -2.26. The SMILES string of the molecule is Cc1ccc(-c2csc(C3=C(O)CN(c4ccc(O)cc4C)C3=N)n2)cc1C. The van der Waals surface area contributed by atoms with Crippen LogP contribution in [0.2, 0.25) is 0 Å². The molecule has 0 bridgehead atoms. The van der Waals surface area contributed by atoms with E-state index >= 15 is 0 Å². The molecule has 142 valence electrons. The van der Waals surface area contributed by atoms with Gasteiger partial charge in [-0.3, -0.25) is 5.41 Å². The van der Waals surface area contributed by atoms with Crippen LogP contribution in [0, 0.1) is 26.2 Å². The fraction of sp³-hybridized carbons (Fsp3) is 0.182. The van der Waals surface area contributed by atoms with Crippen LogP contribution < -0.4 is 4.90 Å². The van der Waals surface area contributed by atoms with Crippen molar-refractivity contribution < 1.29 is 10.2 Å². The minimum Gasteiger partial charge on any atom is -0.510 e. The average molecular weight is 391 g/mol. The predicted octanol–water partition coefficient (Wildman–Crippen LogP) is 5.21. The standard InChI is InChI=1S/C22H21N3O2S/c1-12-4-5-15(8-13(12)2)17-11-28-22(24-17)20-19(27)10-25(21(20)23)18-7-6-16(26)9-14(18)3/h4-9,11,23,26-27H,10H2,1-3H3. The molecule has 0 fully saturated rings. The van der Waals surface area contributed by atoms with Crippen molar-refractivity contribution in [3.63, 3.8) is 0 Å². The van der Waals surface area contributed by atoms with Gasteiger partial charge in [-0.15, -0.1) is 11.3 Å². The lowest BCUT2D eigenvalue weighted by molar-refractivity contribution is 0.411. The zero-order chi connectivity index (χ0) is 20.0. The molecule has 0 spiro atoms. The summed E-state index contributed by atoms with van der Waals surface area (Å²) >= 11 is 1.43. The first-order valence-corrected chi connectivity index (χ1v) is 9.85. The molecule has 2 aromatic carbocycles. The van der Waals surface area contributed by atoms with Crippen molar-refractivity contribution in [2.75, 3.05) is 11.4 Å². The van der Waals surface area contributed by atoms with Crippen LogP contribution in [0.5, 0.6) is 5.75 Å². The van der Waals surface area contributed by atoms with Crippen LogP contribution in [-0.4, -0.2) is 27.6 Å². The van der Waals surface area contributed by atoms with Gasteiger partial charge in [-0.05, 0) is 61.7 Å². The summed E-state index contributed by atoms with van der Waals surface area (Å²) in [5, 5.41) is 31.4. The molecular formula is C22H21N3O2S. The highest BCUT2D eigenvalue weighted by Crippen LogP contribution is 2.36. The Labute approximate surface area is 167 Å². The van der Waals surface area contributed by atoms with Crippen molar-refractivity contribution in [1.29, 1.82) is 5.41 Å². The van der Waals surface area contributed by atoms with Crippen molar-refractivity contribution in [3.8, 4) is 17.0 Å². The molecular weight excluding hydrogens is 370 g/mol. The van der Waals surface area contributed by atoms with Crippen LogP contribution in [-0.2, 0) is 0 Å². The number of aliphatic hydroxyl groups is 1. The summed E-state index contributed by atoms with van der Waals surface area (Å²) in [5.41, 5.74) is 6.40. The number of aliphatic hydroxyl groups excluding tert-OH is 1. The zero-order valence-corrected chi connectivity index (χ0v) is 16.8. The van der Waals surface area contributed by atoms with Crippen LogP contribution in [0.3, 0.4) is 0 Å². The van der Waals surface area contributed by atoms with Gasteiger partial charge in [0, 0.05) is 16.6 Å². The number of hydrogen-bond donors (Lipinski definition) is 3. The zero-order valence-electron chi connectivity index (χ0n) is 15.9. The molecule has 4 rings (SSSR count). The highest BCUT2D eigenvalue weighted by atomic mass is 32.1. The minimum atomic E-state index is 0.137. The monoisotopic (exact) mass is 391 g/mol. The van der Waals surface area contributed by atoms with E-state index < -0.39 is 0 Å². The molecule has 0 saturated heterocycles. The number of rotatable bonds is 3. The number of aromatic hydroxyl groups is 1. The number of phenols is 1. The molecule has 0 amide bonds. The molecule has 28 heavy (non-hydrogen) atoms. The van der Waals surface area contributed by atoms with E-state index in [1.807, 2.05) is 18.4 Å². The van der Waals surface area contributed by atoms with Crippen molar-refractivity contribution in [2.24, 2.45) is 0 Å². The lowest BCUT2D eigenvalue weighted by atomic mass is 10.1. The van der Waals surface area contributed by atoms with Gasteiger partial charge >= 0.3 is 0 Å². The number of amidine groups is 1. The topological polar surface area (TPSA) is 80.4 Å². The Morgan fingerprint density at radius 1 is 1.00 bits per heavy atom. The van der Waals surface area contributed by atoms with Crippen LogP contribution in [0.4, 0.5) is 5.69 Å². The predicted molar refractivity (Wildman–Crippen MR) is 114 cm³/mol. The summed E-state index contributed by atoms with van der Waals surface area (Å²) in [6.45, 7) is 6.25. The maximum Gasteiger partial charge on any atom is 0.139 e. The number of aryl methyl sites for hydroxylation is 3. The molecule has 1 aliphatic heterocycles. The Kier molecular flexibility index (Phi) is 4.43. The largest absolute Gasteiger partial charge is 0.510 e. The number of aromatic nitrogens is 1. The van der Waals surface area contributed by atoms with Gasteiger partial charge in [0.1, 0.15) is 22.4 Å². The number of benzene rings is 2. The molecule has 3 aromatic rings. The number of nitrogens with zero attached hydrogens (tertiary/aromatic N) is 2. The molecule has 6 heteroatoms. The molecule has 0 radical (unpaired) electrons. The van der Waals surface area contributed by atoms with Gasteiger partial charge in [-0.25, -0.2) is 4.98 Å². The van der Waals surface area contributed by atoms with Crippen LogP contribution in [0.1, 0.15) is 21.7 Å². The van der Waals surface area contributed by atoms with E-state index in [4.69, 9.17) is 10.4 Å². The third-order valence-electron chi connectivity index (χ3n) is 5.10. The quantitative estimate of drug-likeness (QED) is 0.573. The van der Waals surface area contributed by atoms with E-state index in [0.717, 1.165) is 22.5 Å². The normalized spacial score (nSPS) is 14.2. The molecule has 1 aromatic heterocycles. The fourth-order valence-corrected chi connectivity index (χ4v) is 4.27. The highest BCUT2D eigenvalue weighted by molar-refractivity contribution is 7.11. The third kappa shape index (κ3) is 3.05. The second-order valence-electron chi connectivity index (χ2n) is 7.06. The van der Waals surface area contributed by atoms with E-state index in [1.54, 1.807) is 23.1 Å². The summed E-state index contributed by atoms with van der Waals surface area (Å²) in [6, 6.07) is 11.2. The summed E-state index contributed by atoms with van der Waals surface area (Å²) in [5.74, 6) is 0.535. The second-order valence-corrected chi connectivity index (χ2v) is 7.92.